The normalized spacial score (nSPS) is 14.1. The quantitative estimate of drug-likeness (QED) is 0.197. The van der Waals surface area contributed by atoms with Crippen LogP contribution in [0.1, 0.15) is 6.92 Å². The molecule has 5 heteroatoms. The molecule has 4 nitrogen and oxygen atoms in total. The van der Waals surface area contributed by atoms with Crippen molar-refractivity contribution in [3.63, 3.8) is 0 Å². The van der Waals surface area contributed by atoms with Crippen LogP contribution in [0.4, 0.5) is 0 Å². The number of hydrogen-bond acceptors (Lipinski definition) is 4. The van der Waals surface area contributed by atoms with Crippen molar-refractivity contribution in [2.24, 2.45) is 4.40 Å². The van der Waals surface area contributed by atoms with E-state index in [1.165, 1.54) is 11.9 Å². The summed E-state index contributed by atoms with van der Waals surface area (Å²) < 4.78 is 3.95. The highest BCUT2D eigenvalue weighted by atomic mass is 32.2. The summed E-state index contributed by atoms with van der Waals surface area (Å²) in [4.78, 5) is 0. The van der Waals surface area contributed by atoms with Crippen molar-refractivity contribution in [3.8, 4) is 0 Å². The van der Waals surface area contributed by atoms with Crippen LogP contribution >= 0.6 is 11.9 Å². The molecule has 14 heavy (non-hydrogen) atoms. The van der Waals surface area contributed by atoms with Crippen molar-refractivity contribution < 1.29 is 0 Å². The number of nitrogens with one attached hydrogen (secondary N) is 3. The van der Waals surface area contributed by atoms with Crippen molar-refractivity contribution >= 4 is 24.5 Å². The molecular weight excluding hydrogens is 196 g/mol. The molecule has 0 saturated carbocycles. The fourth-order valence-corrected chi connectivity index (χ4v) is 1.03. The average molecular weight is 212 g/mol. The van der Waals surface area contributed by atoms with E-state index in [-0.39, 0.29) is 6.17 Å². The van der Waals surface area contributed by atoms with Crippen LogP contribution in [0.2, 0.25) is 0 Å². The van der Waals surface area contributed by atoms with Crippen LogP contribution in [0.5, 0.6) is 0 Å². The van der Waals surface area contributed by atoms with E-state index in [2.05, 4.69) is 15.0 Å². The summed E-state index contributed by atoms with van der Waals surface area (Å²) in [5, 5.41) is 14.5. The van der Waals surface area contributed by atoms with Gasteiger partial charge in [0.15, 0.2) is 0 Å². The third kappa shape index (κ3) is 7.57. The molecule has 0 aromatic heterocycles. The Morgan fingerprint density at radius 2 is 2.21 bits per heavy atom. The van der Waals surface area contributed by atoms with E-state index in [0.29, 0.717) is 0 Å². The predicted octanol–water partition coefficient (Wildman–Crippen LogP) is 1.54. The van der Waals surface area contributed by atoms with Crippen molar-refractivity contribution in [2.45, 2.75) is 13.1 Å². The van der Waals surface area contributed by atoms with Crippen LogP contribution in [-0.2, 0) is 0 Å². The lowest BCUT2D eigenvalue weighted by Gasteiger charge is -2.09. The zero-order valence-corrected chi connectivity index (χ0v) is 9.21. The summed E-state index contributed by atoms with van der Waals surface area (Å²) in [5.41, 5.74) is 0. The summed E-state index contributed by atoms with van der Waals surface area (Å²) >= 11 is 1.38. The molecule has 0 radical (unpaired) electrons. The van der Waals surface area contributed by atoms with Gasteiger partial charge in [0.1, 0.15) is 0 Å². The molecule has 1 unspecified atom stereocenters. The van der Waals surface area contributed by atoms with Crippen molar-refractivity contribution in [3.05, 3.63) is 23.6 Å². The Labute approximate surface area is 89.2 Å². The maximum Gasteiger partial charge on any atom is 0.0968 e. The molecule has 0 aromatic carbocycles. The highest BCUT2D eigenvalue weighted by Crippen LogP contribution is 2.01. The molecular formula is C9H16N4S. The standard InChI is InChI=1S/C9H16N4S/c1-3-13-14-7-5-4-6-9(11-2)12-8-10/h3-9,11H,1-2H3,(H2,10,12)/b6-4+,7-5+,13-3+. The van der Waals surface area contributed by atoms with E-state index in [4.69, 9.17) is 5.41 Å². The van der Waals surface area contributed by atoms with E-state index < -0.39 is 0 Å². The van der Waals surface area contributed by atoms with Gasteiger partial charge in [-0.3, -0.25) is 10.7 Å². The molecule has 0 aliphatic rings. The third-order valence-electron chi connectivity index (χ3n) is 1.29. The maximum atomic E-state index is 6.86. The molecule has 0 fully saturated rings. The Morgan fingerprint density at radius 3 is 2.79 bits per heavy atom. The molecule has 78 valence electrons. The van der Waals surface area contributed by atoms with Crippen LogP contribution in [0.3, 0.4) is 0 Å². The van der Waals surface area contributed by atoms with Crippen LogP contribution < -0.4 is 10.6 Å². The second-order valence-corrected chi connectivity index (χ2v) is 2.95. The molecule has 0 aliphatic carbocycles. The molecule has 0 aliphatic heterocycles. The summed E-state index contributed by atoms with van der Waals surface area (Å²) in [6.07, 6.45) is 8.61. The first kappa shape index (κ1) is 12.9. The largest absolute Gasteiger partial charge is 0.358 e. The van der Waals surface area contributed by atoms with Gasteiger partial charge in [0.25, 0.3) is 0 Å². The molecule has 0 rings (SSSR count). The average Bonchev–Trinajstić information content (AvgIpc) is 2.21. The first-order valence-electron chi connectivity index (χ1n) is 4.24. The minimum absolute atomic E-state index is 0.00294. The van der Waals surface area contributed by atoms with E-state index in [1.807, 2.05) is 37.6 Å². The van der Waals surface area contributed by atoms with Crippen LogP contribution in [0.25, 0.3) is 0 Å². The zero-order valence-electron chi connectivity index (χ0n) is 8.40. The van der Waals surface area contributed by atoms with Gasteiger partial charge in [0, 0.05) is 18.2 Å². The van der Waals surface area contributed by atoms with Gasteiger partial charge in [0.2, 0.25) is 0 Å². The summed E-state index contributed by atoms with van der Waals surface area (Å²) in [6.45, 7) is 1.88. The second-order valence-electron chi connectivity index (χ2n) is 2.26. The van der Waals surface area contributed by atoms with Crippen molar-refractivity contribution in [2.75, 3.05) is 7.05 Å². The van der Waals surface area contributed by atoms with Crippen LogP contribution in [-0.4, -0.2) is 25.8 Å². The Kier molecular flexibility index (Phi) is 9.25. The lowest BCUT2D eigenvalue weighted by atomic mass is 10.4. The number of nitrogens with zero attached hydrogens (tertiary/aromatic N) is 1. The Morgan fingerprint density at radius 1 is 1.43 bits per heavy atom. The first-order valence-corrected chi connectivity index (χ1v) is 5.08. The number of allylic oxidation sites excluding steroid dienone is 2. The molecule has 0 heterocycles. The fraction of sp³-hybridized carbons (Fsp3) is 0.333. The monoisotopic (exact) mass is 212 g/mol. The lowest BCUT2D eigenvalue weighted by Crippen LogP contribution is -2.37. The van der Waals surface area contributed by atoms with E-state index in [9.17, 15) is 0 Å². The lowest BCUT2D eigenvalue weighted by molar-refractivity contribution is 0.638. The highest BCUT2D eigenvalue weighted by Gasteiger charge is 1.92. The zero-order chi connectivity index (χ0) is 10.6. The summed E-state index contributed by atoms with van der Waals surface area (Å²) in [5.74, 6) is 0. The molecule has 0 saturated heterocycles. The smallest absolute Gasteiger partial charge is 0.0968 e. The second kappa shape index (κ2) is 10.0. The van der Waals surface area contributed by atoms with Gasteiger partial charge in [-0.15, -0.1) is 0 Å². The van der Waals surface area contributed by atoms with E-state index in [0.717, 1.165) is 6.34 Å². The number of rotatable bonds is 7. The van der Waals surface area contributed by atoms with Gasteiger partial charge in [-0.2, -0.15) is 0 Å². The molecule has 3 N–H and O–H groups in total. The Hall–Kier alpha value is -1.07. The number of hydrogen-bond donors (Lipinski definition) is 3. The fourth-order valence-electron chi connectivity index (χ4n) is 0.677. The van der Waals surface area contributed by atoms with Crippen molar-refractivity contribution in [1.29, 1.82) is 5.41 Å². The minimum atomic E-state index is -0.00294. The van der Waals surface area contributed by atoms with Gasteiger partial charge in [-0.25, -0.2) is 4.40 Å². The Balaban J connectivity index is 3.77. The van der Waals surface area contributed by atoms with Gasteiger partial charge in [-0.05, 0) is 25.5 Å². The SMILES string of the molecule is C/C=N/S/C=C/C=C/C(NC)NC=N. The maximum absolute atomic E-state index is 6.86. The molecule has 0 aromatic rings. The summed E-state index contributed by atoms with van der Waals surface area (Å²) in [7, 11) is 1.82. The van der Waals surface area contributed by atoms with Gasteiger partial charge in [0.05, 0.1) is 12.5 Å². The van der Waals surface area contributed by atoms with Crippen LogP contribution in [0.15, 0.2) is 28.0 Å². The molecule has 1 atom stereocenters. The molecule has 0 amide bonds. The predicted molar refractivity (Wildman–Crippen MR) is 64.8 cm³/mol. The topological polar surface area (TPSA) is 60.3 Å². The van der Waals surface area contributed by atoms with Gasteiger partial charge >= 0.3 is 0 Å². The van der Waals surface area contributed by atoms with Crippen LogP contribution in [0, 0.1) is 5.41 Å². The molecule has 0 bridgehead atoms. The third-order valence-corrected chi connectivity index (χ3v) is 1.91. The molecule has 0 spiro atoms. The van der Waals surface area contributed by atoms with Gasteiger partial charge < -0.3 is 5.32 Å². The summed E-state index contributed by atoms with van der Waals surface area (Å²) in [6, 6.07) is 0. The minimum Gasteiger partial charge on any atom is -0.358 e. The van der Waals surface area contributed by atoms with E-state index in [1.54, 1.807) is 6.21 Å². The first-order chi connectivity index (χ1) is 6.85. The van der Waals surface area contributed by atoms with Gasteiger partial charge in [-0.1, -0.05) is 12.2 Å². The van der Waals surface area contributed by atoms with E-state index >= 15 is 0 Å². The Bertz CT molecular complexity index is 223. The highest BCUT2D eigenvalue weighted by molar-refractivity contribution is 8.01. The number of likely N-dealkylation sites (N-methyl/N-ethyl adjacent to an activating group) is 1. The van der Waals surface area contributed by atoms with Crippen molar-refractivity contribution in [1.82, 2.24) is 10.6 Å².